The van der Waals surface area contributed by atoms with Crippen LogP contribution in [0, 0.1) is 23.3 Å². The topological polar surface area (TPSA) is 29.1 Å². The predicted molar refractivity (Wildman–Crippen MR) is 129 cm³/mol. The van der Waals surface area contributed by atoms with Gasteiger partial charge in [0, 0.05) is 5.56 Å². The lowest BCUT2D eigenvalue weighted by Crippen LogP contribution is -2.42. The molecule has 1 atom stereocenters. The average molecular weight is 529 g/mol. The molecule has 0 aliphatic carbocycles. The van der Waals surface area contributed by atoms with Gasteiger partial charge in [0.15, 0.2) is 29.1 Å². The molecular weight excluding hydrogens is 511 g/mol. The second-order valence-corrected chi connectivity index (χ2v) is 8.24. The largest absolute Gasteiger partial charge is 0.422 e. The van der Waals surface area contributed by atoms with E-state index in [1.807, 2.05) is 0 Å². The van der Waals surface area contributed by atoms with E-state index in [4.69, 9.17) is 0 Å². The Labute approximate surface area is 213 Å². The molecule has 4 aromatic carbocycles. The van der Waals surface area contributed by atoms with Crippen molar-refractivity contribution in [2.75, 3.05) is 5.32 Å². The Kier molecular flexibility index (Phi) is 7.39. The number of Topliss-reactive ketones (excluding diaryl/α,β-unsaturated/α-hetero) is 1. The van der Waals surface area contributed by atoms with E-state index < -0.39 is 52.0 Å². The molecule has 0 radical (unpaired) electrons. The zero-order chi connectivity index (χ0) is 27.5. The molecule has 4 rings (SSSR count). The minimum absolute atomic E-state index is 0.0511. The van der Waals surface area contributed by atoms with Crippen LogP contribution in [0.4, 0.5) is 36.4 Å². The fourth-order valence-electron chi connectivity index (χ4n) is 3.96. The first-order chi connectivity index (χ1) is 18.1. The third-order valence-corrected chi connectivity index (χ3v) is 5.82. The molecule has 4 aromatic rings. The quantitative estimate of drug-likeness (QED) is 0.149. The summed E-state index contributed by atoms with van der Waals surface area (Å²) in [5.74, 6) is -10.7. The van der Waals surface area contributed by atoms with Crippen molar-refractivity contribution in [2.24, 2.45) is 0 Å². The normalized spacial score (nSPS) is 13.3. The summed E-state index contributed by atoms with van der Waals surface area (Å²) >= 11 is 0. The molecule has 0 aliphatic rings. The van der Waals surface area contributed by atoms with Crippen molar-refractivity contribution in [1.29, 1.82) is 0 Å². The van der Waals surface area contributed by atoms with Gasteiger partial charge in [0.05, 0.1) is 0 Å². The van der Waals surface area contributed by atoms with Gasteiger partial charge in [0.25, 0.3) is 0 Å². The molecule has 0 bridgehead atoms. The number of rotatable bonds is 7. The number of hydrogen-bond donors (Lipinski definition) is 1. The number of anilines is 1. The summed E-state index contributed by atoms with van der Waals surface area (Å²) in [7, 11) is 0. The number of hydrogen-bond acceptors (Lipinski definition) is 2. The maximum Gasteiger partial charge on any atom is 0.422 e. The summed E-state index contributed by atoms with van der Waals surface area (Å²) in [4.78, 5) is 14.0. The van der Waals surface area contributed by atoms with Crippen molar-refractivity contribution in [3.63, 3.8) is 0 Å². The van der Waals surface area contributed by atoms with Crippen molar-refractivity contribution in [3.05, 3.63) is 143 Å². The summed E-state index contributed by atoms with van der Waals surface area (Å²) in [6, 6.07) is 23.4. The highest BCUT2D eigenvalue weighted by molar-refractivity contribution is 6.07. The van der Waals surface area contributed by atoms with E-state index in [0.29, 0.717) is 5.56 Å². The number of benzene rings is 4. The minimum Gasteiger partial charge on any atom is -0.361 e. The maximum absolute atomic E-state index is 15.0. The molecule has 38 heavy (non-hydrogen) atoms. The van der Waals surface area contributed by atoms with Crippen molar-refractivity contribution in [1.82, 2.24) is 0 Å². The SMILES string of the molecule is O=C(c1ccccc1)C(/C=C/c1ccccc1)(Nc1c(F)c(F)c(C(F)(F)F)c(F)c1F)c1ccccc1. The second kappa shape index (κ2) is 10.5. The van der Waals surface area contributed by atoms with E-state index in [-0.39, 0.29) is 11.1 Å². The molecule has 194 valence electrons. The second-order valence-electron chi connectivity index (χ2n) is 8.24. The molecule has 0 saturated carbocycles. The first-order valence-electron chi connectivity index (χ1n) is 11.2. The first kappa shape index (κ1) is 26.7. The lowest BCUT2D eigenvalue weighted by molar-refractivity contribution is -0.143. The van der Waals surface area contributed by atoms with Crippen LogP contribution in [-0.2, 0) is 11.7 Å². The Bertz CT molecular complexity index is 1440. The molecule has 0 fully saturated rings. The highest BCUT2D eigenvalue weighted by Crippen LogP contribution is 2.41. The number of carbonyl (C=O) groups excluding carboxylic acids is 1. The van der Waals surface area contributed by atoms with Crippen LogP contribution in [0.5, 0.6) is 0 Å². The Morgan fingerprint density at radius 2 is 1.13 bits per heavy atom. The van der Waals surface area contributed by atoms with E-state index in [2.05, 4.69) is 5.32 Å². The van der Waals surface area contributed by atoms with Crippen LogP contribution in [-0.4, -0.2) is 5.78 Å². The van der Waals surface area contributed by atoms with E-state index in [9.17, 15) is 26.7 Å². The lowest BCUT2D eigenvalue weighted by Gasteiger charge is -2.33. The van der Waals surface area contributed by atoms with Gasteiger partial charge in [-0.15, -0.1) is 0 Å². The molecule has 1 unspecified atom stereocenters. The van der Waals surface area contributed by atoms with Crippen LogP contribution in [0.2, 0.25) is 0 Å². The van der Waals surface area contributed by atoms with Gasteiger partial charge in [-0.25, -0.2) is 17.6 Å². The highest BCUT2D eigenvalue weighted by Gasteiger charge is 2.45. The monoisotopic (exact) mass is 529 g/mol. The molecule has 9 heteroatoms. The van der Waals surface area contributed by atoms with Gasteiger partial charge in [-0.1, -0.05) is 97.1 Å². The van der Waals surface area contributed by atoms with Gasteiger partial charge >= 0.3 is 6.18 Å². The molecule has 0 aliphatic heterocycles. The van der Waals surface area contributed by atoms with E-state index in [0.717, 1.165) is 0 Å². The van der Waals surface area contributed by atoms with Gasteiger partial charge in [-0.05, 0) is 17.2 Å². The Hall–Kier alpha value is -4.40. The van der Waals surface area contributed by atoms with Gasteiger partial charge in [-0.2, -0.15) is 13.2 Å². The van der Waals surface area contributed by atoms with E-state index >= 15 is 8.78 Å². The van der Waals surface area contributed by atoms with Crippen LogP contribution in [0.25, 0.3) is 6.08 Å². The standard InChI is InChI=1S/C29H18F7NO/c30-22-21(29(34,35)36)23(31)25(33)26(24(22)32)37-28(20-14-8-3-9-15-20,17-16-18-10-4-1-5-11-18)27(38)19-12-6-2-7-13-19/h1-17,37H/b17-16+. The fraction of sp³-hybridized carbons (Fsp3) is 0.0690. The summed E-state index contributed by atoms with van der Waals surface area (Å²) in [5.41, 5.74) is -5.79. The number of alkyl halides is 3. The molecule has 0 saturated heterocycles. The molecule has 0 heterocycles. The van der Waals surface area contributed by atoms with Crippen molar-refractivity contribution in [3.8, 4) is 0 Å². The third-order valence-electron chi connectivity index (χ3n) is 5.82. The summed E-state index contributed by atoms with van der Waals surface area (Å²) in [6.45, 7) is 0. The number of halogens is 7. The van der Waals surface area contributed by atoms with E-state index in [1.165, 1.54) is 60.7 Å². The zero-order valence-electron chi connectivity index (χ0n) is 19.4. The summed E-state index contributed by atoms with van der Waals surface area (Å²) in [6.07, 6.45) is -3.04. The van der Waals surface area contributed by atoms with Gasteiger partial charge in [0.2, 0.25) is 0 Å². The molecule has 0 aromatic heterocycles. The highest BCUT2D eigenvalue weighted by atomic mass is 19.4. The molecule has 1 N–H and O–H groups in total. The van der Waals surface area contributed by atoms with Gasteiger partial charge in [-0.3, -0.25) is 4.79 Å². The lowest BCUT2D eigenvalue weighted by atomic mass is 9.81. The zero-order valence-corrected chi connectivity index (χ0v) is 19.4. The molecule has 0 spiro atoms. The van der Waals surface area contributed by atoms with Gasteiger partial charge < -0.3 is 5.32 Å². The third kappa shape index (κ3) is 5.04. The van der Waals surface area contributed by atoms with Crippen molar-refractivity contribution < 1.29 is 35.5 Å². The minimum atomic E-state index is -5.71. The van der Waals surface area contributed by atoms with E-state index in [1.54, 1.807) is 42.5 Å². The van der Waals surface area contributed by atoms with Gasteiger partial charge in [0.1, 0.15) is 16.8 Å². The van der Waals surface area contributed by atoms with Crippen LogP contribution in [0.1, 0.15) is 27.0 Å². The molecule has 0 amide bonds. The predicted octanol–water partition coefficient (Wildman–Crippen LogP) is 8.17. The summed E-state index contributed by atoms with van der Waals surface area (Å²) < 4.78 is 98.6. The van der Waals surface area contributed by atoms with Crippen molar-refractivity contribution in [2.45, 2.75) is 11.7 Å². The Morgan fingerprint density at radius 1 is 0.658 bits per heavy atom. The average Bonchev–Trinajstić information content (AvgIpc) is 2.92. The maximum atomic E-state index is 15.0. The number of carbonyl (C=O) groups is 1. The van der Waals surface area contributed by atoms with Crippen LogP contribution in [0.3, 0.4) is 0 Å². The Balaban J connectivity index is 2.01. The Morgan fingerprint density at radius 3 is 1.63 bits per heavy atom. The smallest absolute Gasteiger partial charge is 0.361 e. The molecular formula is C29H18F7NO. The van der Waals surface area contributed by atoms with Crippen LogP contribution in [0.15, 0.2) is 97.1 Å². The van der Waals surface area contributed by atoms with Crippen LogP contribution >= 0.6 is 0 Å². The number of nitrogens with one attached hydrogen (secondary N) is 1. The summed E-state index contributed by atoms with van der Waals surface area (Å²) in [5, 5.41) is 2.24. The van der Waals surface area contributed by atoms with Crippen molar-refractivity contribution >= 4 is 17.5 Å². The fourth-order valence-corrected chi connectivity index (χ4v) is 3.96. The number of ketones is 1. The first-order valence-corrected chi connectivity index (χ1v) is 11.2. The molecule has 2 nitrogen and oxygen atoms in total. The van der Waals surface area contributed by atoms with Crippen LogP contribution < -0.4 is 5.32 Å².